The lowest BCUT2D eigenvalue weighted by Gasteiger charge is -2.30. The van der Waals surface area contributed by atoms with Crippen LogP contribution in [0.15, 0.2) is 119 Å². The second-order valence-corrected chi connectivity index (χ2v) is 20.4. The van der Waals surface area contributed by atoms with Crippen LogP contribution in [-0.4, -0.2) is 0 Å². The van der Waals surface area contributed by atoms with Crippen LogP contribution < -0.4 is 9.80 Å². The molecule has 7 aromatic rings. The number of nitrogens with zero attached hydrogens (tertiary/aromatic N) is 2. The largest absolute Gasteiger partial charge is 0.462 e. The first-order chi connectivity index (χ1) is 25.7. The SMILES string of the molecule is Cc1cc(N(c2ccc(C(C)(C)C)cc2)c2coc3ccc(C(C)(C)C)cc23)cc(N(c2ccc(C(C)(C)C)cc2)c2csc3ccc(C(C)(C)C)cc23)c1. The van der Waals surface area contributed by atoms with Gasteiger partial charge in [0.05, 0.1) is 11.4 Å². The second-order valence-electron chi connectivity index (χ2n) is 19.5. The lowest BCUT2D eigenvalue weighted by atomic mass is 9.86. The maximum atomic E-state index is 6.33. The second kappa shape index (κ2) is 13.7. The summed E-state index contributed by atoms with van der Waals surface area (Å²) in [6.45, 7) is 29.5. The van der Waals surface area contributed by atoms with E-state index in [2.05, 4.69) is 208 Å². The number of rotatable bonds is 6. The zero-order chi connectivity index (χ0) is 39.7. The molecule has 2 heterocycles. The maximum Gasteiger partial charge on any atom is 0.136 e. The van der Waals surface area contributed by atoms with Gasteiger partial charge in [-0.05, 0) is 123 Å². The maximum absolute atomic E-state index is 6.33. The summed E-state index contributed by atoms with van der Waals surface area (Å²) in [5.41, 5.74) is 14.0. The Kier molecular flexibility index (Phi) is 9.61. The molecular weight excluding hydrogens is 689 g/mol. The van der Waals surface area contributed by atoms with Crippen LogP contribution in [0.4, 0.5) is 34.1 Å². The average Bonchev–Trinajstić information content (AvgIpc) is 3.71. The van der Waals surface area contributed by atoms with Crippen molar-refractivity contribution < 1.29 is 4.42 Å². The Morgan fingerprint density at radius 2 is 0.873 bits per heavy atom. The van der Waals surface area contributed by atoms with E-state index in [1.165, 1.54) is 43.6 Å². The van der Waals surface area contributed by atoms with Crippen LogP contribution >= 0.6 is 11.3 Å². The predicted octanol–water partition coefficient (Wildman–Crippen LogP) is 16.1. The van der Waals surface area contributed by atoms with E-state index in [9.17, 15) is 0 Å². The lowest BCUT2D eigenvalue weighted by Crippen LogP contribution is -2.15. The quantitative estimate of drug-likeness (QED) is 0.169. The van der Waals surface area contributed by atoms with E-state index in [-0.39, 0.29) is 21.7 Å². The topological polar surface area (TPSA) is 19.6 Å². The standard InChI is InChI=1S/C51H58N2OS/c1-33-26-40(52(38-20-14-34(15-21-38)48(2,3)4)44-31-54-46-24-18-36(28-42(44)46)50(8,9)10)30-41(27-33)53(39-22-16-35(17-23-39)49(5,6)7)45-32-55-47-25-19-37(29-43(45)47)51(11,12)13/h14-32H,1-13H3. The number of thiophene rings is 1. The van der Waals surface area contributed by atoms with Gasteiger partial charge in [-0.3, -0.25) is 0 Å². The summed E-state index contributed by atoms with van der Waals surface area (Å²) in [5, 5.41) is 4.70. The fourth-order valence-electron chi connectivity index (χ4n) is 7.39. The van der Waals surface area contributed by atoms with Gasteiger partial charge in [-0.15, -0.1) is 11.3 Å². The molecule has 0 radical (unpaired) electrons. The Labute approximate surface area is 333 Å². The molecule has 5 aromatic carbocycles. The Bertz CT molecular complexity index is 2300. The fourth-order valence-corrected chi connectivity index (χ4v) is 8.30. The van der Waals surface area contributed by atoms with Crippen LogP contribution in [0.2, 0.25) is 0 Å². The fraction of sp³-hybridized carbons (Fsp3) is 0.333. The summed E-state index contributed by atoms with van der Waals surface area (Å²) in [6, 6.07) is 38.8. The Balaban J connectivity index is 1.47. The molecule has 0 fully saturated rings. The lowest BCUT2D eigenvalue weighted by molar-refractivity contribution is 0.589. The van der Waals surface area contributed by atoms with Crippen molar-refractivity contribution in [3.8, 4) is 0 Å². The van der Waals surface area contributed by atoms with Crippen molar-refractivity contribution in [1.29, 1.82) is 0 Å². The van der Waals surface area contributed by atoms with Crippen molar-refractivity contribution >= 4 is 66.5 Å². The van der Waals surface area contributed by atoms with E-state index in [1.54, 1.807) is 0 Å². The third-order valence-electron chi connectivity index (χ3n) is 10.9. The number of fused-ring (bicyclic) bond motifs is 2. The van der Waals surface area contributed by atoms with Crippen LogP contribution in [-0.2, 0) is 21.7 Å². The molecule has 0 bridgehead atoms. The van der Waals surface area contributed by atoms with Gasteiger partial charge < -0.3 is 14.2 Å². The van der Waals surface area contributed by atoms with Gasteiger partial charge in [0.15, 0.2) is 0 Å². The van der Waals surface area contributed by atoms with Crippen molar-refractivity contribution in [1.82, 2.24) is 0 Å². The molecule has 0 saturated carbocycles. The van der Waals surface area contributed by atoms with Crippen molar-refractivity contribution in [3.05, 3.63) is 143 Å². The Morgan fingerprint density at radius 3 is 1.36 bits per heavy atom. The van der Waals surface area contributed by atoms with Crippen molar-refractivity contribution in [2.24, 2.45) is 0 Å². The first kappa shape index (κ1) is 38.5. The monoisotopic (exact) mass is 746 g/mol. The van der Waals surface area contributed by atoms with Crippen LogP contribution in [0.25, 0.3) is 21.1 Å². The molecule has 0 spiro atoms. The number of aryl methyl sites for hydroxylation is 1. The first-order valence-electron chi connectivity index (χ1n) is 19.6. The van der Waals surface area contributed by atoms with Gasteiger partial charge >= 0.3 is 0 Å². The summed E-state index contributed by atoms with van der Waals surface area (Å²) in [5.74, 6) is 0. The Morgan fingerprint density at radius 1 is 0.436 bits per heavy atom. The van der Waals surface area contributed by atoms with Gasteiger partial charge in [-0.2, -0.15) is 0 Å². The van der Waals surface area contributed by atoms with E-state index >= 15 is 0 Å². The van der Waals surface area contributed by atoms with Crippen LogP contribution in [0, 0.1) is 6.92 Å². The molecule has 4 heteroatoms. The summed E-state index contributed by atoms with van der Waals surface area (Å²) in [7, 11) is 0. The van der Waals surface area contributed by atoms with E-state index in [4.69, 9.17) is 4.42 Å². The van der Waals surface area contributed by atoms with Crippen LogP contribution in [0.1, 0.15) is 111 Å². The molecule has 0 amide bonds. The van der Waals surface area contributed by atoms with Gasteiger partial charge in [-0.25, -0.2) is 0 Å². The molecule has 284 valence electrons. The summed E-state index contributed by atoms with van der Waals surface area (Å²) in [6.07, 6.45) is 1.93. The number of furan rings is 1. The van der Waals surface area contributed by atoms with Gasteiger partial charge in [-0.1, -0.05) is 119 Å². The van der Waals surface area contributed by atoms with Crippen LogP contribution in [0.3, 0.4) is 0 Å². The smallest absolute Gasteiger partial charge is 0.136 e. The highest BCUT2D eigenvalue weighted by Crippen LogP contribution is 2.47. The molecular formula is C51H58N2OS. The zero-order valence-corrected chi connectivity index (χ0v) is 36.0. The van der Waals surface area contributed by atoms with Crippen LogP contribution in [0.5, 0.6) is 0 Å². The minimum Gasteiger partial charge on any atom is -0.462 e. The van der Waals surface area contributed by atoms with E-state index < -0.39 is 0 Å². The highest BCUT2D eigenvalue weighted by molar-refractivity contribution is 7.17. The highest BCUT2D eigenvalue weighted by Gasteiger charge is 2.26. The van der Waals surface area contributed by atoms with Gasteiger partial charge in [0, 0.05) is 43.6 Å². The number of benzene rings is 5. The minimum atomic E-state index is -0.00236. The molecule has 7 rings (SSSR count). The highest BCUT2D eigenvalue weighted by atomic mass is 32.1. The van der Waals surface area contributed by atoms with E-state index in [0.29, 0.717) is 0 Å². The third-order valence-corrected chi connectivity index (χ3v) is 11.8. The van der Waals surface area contributed by atoms with Gasteiger partial charge in [0.1, 0.15) is 11.8 Å². The molecule has 0 aliphatic carbocycles. The molecule has 0 N–H and O–H groups in total. The van der Waals surface area contributed by atoms with Crippen molar-refractivity contribution in [2.75, 3.05) is 9.80 Å². The molecule has 0 atom stereocenters. The van der Waals surface area contributed by atoms with Crippen molar-refractivity contribution in [2.45, 2.75) is 112 Å². The third kappa shape index (κ3) is 7.71. The van der Waals surface area contributed by atoms with E-state index in [1.807, 2.05) is 17.6 Å². The van der Waals surface area contributed by atoms with Gasteiger partial charge in [0.2, 0.25) is 0 Å². The molecule has 0 unspecified atom stereocenters. The normalized spacial score (nSPS) is 12.8. The molecule has 0 aliphatic rings. The Hall–Kier alpha value is -4.80. The summed E-state index contributed by atoms with van der Waals surface area (Å²) >= 11 is 1.81. The molecule has 3 nitrogen and oxygen atoms in total. The van der Waals surface area contributed by atoms with Gasteiger partial charge in [0.25, 0.3) is 0 Å². The van der Waals surface area contributed by atoms with Crippen molar-refractivity contribution in [3.63, 3.8) is 0 Å². The molecule has 55 heavy (non-hydrogen) atoms. The number of anilines is 6. The first-order valence-corrected chi connectivity index (χ1v) is 20.5. The summed E-state index contributed by atoms with van der Waals surface area (Å²) in [4.78, 5) is 4.84. The molecule has 2 aromatic heterocycles. The predicted molar refractivity (Wildman–Crippen MR) is 240 cm³/mol. The molecule has 0 aliphatic heterocycles. The zero-order valence-electron chi connectivity index (χ0n) is 35.2. The summed E-state index contributed by atoms with van der Waals surface area (Å²) < 4.78 is 7.61. The average molecular weight is 747 g/mol. The van der Waals surface area contributed by atoms with E-state index in [0.717, 1.165) is 39.4 Å². The number of hydrogen-bond donors (Lipinski definition) is 0. The molecule has 0 saturated heterocycles. The minimum absolute atomic E-state index is 0.00236. The number of hydrogen-bond acceptors (Lipinski definition) is 4.